The van der Waals surface area contributed by atoms with Gasteiger partial charge in [0.25, 0.3) is 0 Å². The fourth-order valence-corrected chi connectivity index (χ4v) is 2.45. The van der Waals surface area contributed by atoms with E-state index in [2.05, 4.69) is 15.3 Å². The first-order valence-corrected chi connectivity index (χ1v) is 8.75. The third-order valence-corrected chi connectivity index (χ3v) is 3.78. The second-order valence-electron chi connectivity index (χ2n) is 5.72. The van der Waals surface area contributed by atoms with Gasteiger partial charge in [0.1, 0.15) is 25.4 Å². The van der Waals surface area contributed by atoms with Crippen LogP contribution in [0.25, 0.3) is 10.9 Å². The van der Waals surface area contributed by atoms with Gasteiger partial charge in [0.05, 0.1) is 24.2 Å². The van der Waals surface area contributed by atoms with Gasteiger partial charge in [0.2, 0.25) is 0 Å². The fraction of sp³-hybridized carbons (Fsp3) is 0.364. The lowest BCUT2D eigenvalue weighted by Crippen LogP contribution is -2.09. The molecule has 7 nitrogen and oxygen atoms in total. The van der Waals surface area contributed by atoms with Crippen LogP contribution in [0.4, 0.5) is 11.5 Å². The number of methoxy groups -OCH3 is 2. The van der Waals surface area contributed by atoms with Gasteiger partial charge >= 0.3 is 0 Å². The smallest absolute Gasteiger partial charge is 0.163 e. The van der Waals surface area contributed by atoms with E-state index in [0.717, 1.165) is 0 Å². The molecule has 154 valence electrons. The van der Waals surface area contributed by atoms with E-state index in [9.17, 15) is 0 Å². The first kappa shape index (κ1) is 11.9. The van der Waals surface area contributed by atoms with Crippen LogP contribution in [0.5, 0.6) is 11.5 Å². The summed E-state index contributed by atoms with van der Waals surface area (Å²) in [5.74, 6) is 0.773. The van der Waals surface area contributed by atoms with Crippen LogP contribution in [-0.2, 0) is 15.8 Å². The molecule has 7 heteroatoms. The van der Waals surface area contributed by atoms with E-state index < -0.39 is 43.0 Å². The van der Waals surface area contributed by atoms with Crippen molar-refractivity contribution in [2.75, 3.05) is 46.0 Å². The predicted molar refractivity (Wildman–Crippen MR) is 113 cm³/mol. The van der Waals surface area contributed by atoms with Crippen molar-refractivity contribution in [1.82, 2.24) is 9.97 Å². The minimum Gasteiger partial charge on any atom is -0.487 e. The van der Waals surface area contributed by atoms with E-state index in [0.29, 0.717) is 35.6 Å². The lowest BCUT2D eigenvalue weighted by Gasteiger charge is -2.15. The van der Waals surface area contributed by atoms with Crippen LogP contribution in [0.3, 0.4) is 0 Å². The van der Waals surface area contributed by atoms with Gasteiger partial charge in [0, 0.05) is 38.2 Å². The van der Waals surface area contributed by atoms with Crippen LogP contribution in [0.2, 0.25) is 0 Å². The normalized spacial score (nSPS) is 16.3. The highest BCUT2D eigenvalue weighted by Crippen LogP contribution is 2.35. The largest absolute Gasteiger partial charge is 0.487 e. The van der Waals surface area contributed by atoms with Crippen molar-refractivity contribution in [2.45, 2.75) is 13.2 Å². The maximum absolute atomic E-state index is 8.51. The number of ether oxygens (including phenoxy) is 4. The first-order chi connectivity index (χ1) is 17.8. The molecule has 0 bridgehead atoms. The number of nitrogens with zero attached hydrogens (tertiary/aromatic N) is 2. The molecule has 0 atom stereocenters. The molecule has 1 heterocycles. The van der Waals surface area contributed by atoms with Crippen LogP contribution < -0.4 is 14.8 Å². The fourth-order valence-electron chi connectivity index (χ4n) is 2.45. The molecule has 29 heavy (non-hydrogen) atoms. The van der Waals surface area contributed by atoms with Crippen LogP contribution in [0.15, 0.2) is 42.6 Å². The Morgan fingerprint density at radius 2 is 1.79 bits per heavy atom. The summed E-state index contributed by atoms with van der Waals surface area (Å²) in [4.78, 5) is 8.41. The third-order valence-electron chi connectivity index (χ3n) is 3.78. The number of benzene rings is 2. The number of fused-ring (bicyclic) bond motifs is 1. The quantitative estimate of drug-likeness (QED) is 0.483. The Labute approximate surface area is 183 Å². The second-order valence-corrected chi connectivity index (χ2v) is 5.72. The number of aromatic nitrogens is 2. The first-order valence-electron chi connectivity index (χ1n) is 13.2. The molecule has 0 unspecified atom stereocenters. The Morgan fingerprint density at radius 1 is 1.03 bits per heavy atom. The van der Waals surface area contributed by atoms with Gasteiger partial charge in [-0.25, -0.2) is 9.97 Å². The molecule has 0 aliphatic rings. The molecule has 0 spiro atoms. The average Bonchev–Trinajstić information content (AvgIpc) is 2.85. The maximum Gasteiger partial charge on any atom is 0.163 e. The predicted octanol–water partition coefficient (Wildman–Crippen LogP) is 3.99. The monoisotopic (exact) mass is 406 g/mol. The van der Waals surface area contributed by atoms with Crippen molar-refractivity contribution in [2.24, 2.45) is 0 Å². The SMILES string of the molecule is [2H]c1c([2H])c(Nc2ncnc3cc(OCCOC)c(OCCOC)cc23)c([2H])c(C([2H])([2H])C([2H])([2H])[2H])c1[2H]. The molecule has 1 N–H and O–H groups in total. The van der Waals surface area contributed by atoms with Crippen molar-refractivity contribution in [3.05, 3.63) is 48.2 Å². The topological polar surface area (TPSA) is 74.7 Å². The Balaban J connectivity index is 2.16. The summed E-state index contributed by atoms with van der Waals surface area (Å²) in [7, 11) is 3.06. The summed E-state index contributed by atoms with van der Waals surface area (Å²) in [6, 6.07) is 0.275. The van der Waals surface area contributed by atoms with Crippen molar-refractivity contribution in [3.8, 4) is 11.5 Å². The molecule has 0 saturated carbocycles. The molecule has 1 aromatic heterocycles. The van der Waals surface area contributed by atoms with Gasteiger partial charge in [-0.2, -0.15) is 0 Å². The van der Waals surface area contributed by atoms with E-state index in [1.807, 2.05) is 0 Å². The van der Waals surface area contributed by atoms with Crippen molar-refractivity contribution >= 4 is 22.4 Å². The summed E-state index contributed by atoms with van der Waals surface area (Å²) < 4.78 is 93.5. The van der Waals surface area contributed by atoms with Gasteiger partial charge in [0.15, 0.2) is 11.5 Å². The Bertz CT molecular complexity index is 1310. The van der Waals surface area contributed by atoms with E-state index in [-0.39, 0.29) is 24.7 Å². The molecule has 0 saturated heterocycles. The minimum atomic E-state index is -3.22. The Kier molecular flexibility index (Phi) is 4.36. The number of anilines is 2. The molecule has 0 fully saturated rings. The molecule has 0 amide bonds. The van der Waals surface area contributed by atoms with Crippen molar-refractivity contribution in [1.29, 1.82) is 0 Å². The molecule has 2 aromatic carbocycles. The standard InChI is InChI=1S/C22H27N3O4/c1-4-16-6-5-7-17(12-16)25-22-18-13-20(28-10-8-26-2)21(29-11-9-27-3)14-19(18)23-15-24-22/h5-7,12-15H,4,8-11H2,1-3H3,(H,23,24,25)/i1D3,4D2,5D,6D,7D,12D. The minimum absolute atomic E-state index is 0.0783. The van der Waals surface area contributed by atoms with Gasteiger partial charge in [-0.1, -0.05) is 18.9 Å². The summed E-state index contributed by atoms with van der Waals surface area (Å²) in [6.07, 6.45) is -1.91. The summed E-state index contributed by atoms with van der Waals surface area (Å²) in [5.41, 5.74) is -0.804. The summed E-state index contributed by atoms with van der Waals surface area (Å²) >= 11 is 0. The zero-order valence-electron chi connectivity index (χ0n) is 25.1. The molecular weight excluding hydrogens is 370 g/mol. The lowest BCUT2D eigenvalue weighted by molar-refractivity contribution is 0.132. The number of hydrogen-bond acceptors (Lipinski definition) is 7. The molecule has 0 aliphatic carbocycles. The summed E-state index contributed by atoms with van der Waals surface area (Å²) in [6.45, 7) is -2.15. The molecular formula is C22H27N3O4. The Hall–Kier alpha value is -2.90. The van der Waals surface area contributed by atoms with Crippen molar-refractivity contribution < 1.29 is 31.3 Å². The van der Waals surface area contributed by atoms with E-state index in [1.165, 1.54) is 20.5 Å². The van der Waals surface area contributed by atoms with Crippen LogP contribution in [0.1, 0.15) is 24.8 Å². The molecule has 0 radical (unpaired) electrons. The van der Waals surface area contributed by atoms with Crippen LogP contribution in [0, 0.1) is 0 Å². The molecule has 3 rings (SSSR count). The zero-order chi connectivity index (χ0) is 28.3. The van der Waals surface area contributed by atoms with Crippen LogP contribution in [-0.4, -0.2) is 50.6 Å². The molecule has 3 aromatic rings. The zero-order valence-corrected chi connectivity index (χ0v) is 16.1. The Morgan fingerprint density at radius 3 is 2.52 bits per heavy atom. The number of hydrogen-bond donors (Lipinski definition) is 1. The average molecular weight is 407 g/mol. The van der Waals surface area contributed by atoms with E-state index in [4.69, 9.17) is 31.3 Å². The highest BCUT2D eigenvalue weighted by molar-refractivity contribution is 5.93. The van der Waals surface area contributed by atoms with Crippen LogP contribution >= 0.6 is 0 Å². The van der Waals surface area contributed by atoms with Gasteiger partial charge < -0.3 is 24.3 Å². The highest BCUT2D eigenvalue weighted by atomic mass is 16.5. The molecule has 0 aliphatic heterocycles. The van der Waals surface area contributed by atoms with Gasteiger partial charge in [-0.15, -0.1) is 0 Å². The maximum atomic E-state index is 8.51. The third kappa shape index (κ3) is 5.56. The van der Waals surface area contributed by atoms with Crippen molar-refractivity contribution in [3.63, 3.8) is 0 Å². The number of rotatable bonds is 11. The van der Waals surface area contributed by atoms with Gasteiger partial charge in [-0.05, 0) is 30.1 Å². The van der Waals surface area contributed by atoms with Gasteiger partial charge in [-0.3, -0.25) is 0 Å². The van der Waals surface area contributed by atoms with E-state index >= 15 is 0 Å². The number of nitrogens with one attached hydrogen (secondary N) is 1. The highest BCUT2D eigenvalue weighted by Gasteiger charge is 2.13. The summed E-state index contributed by atoms with van der Waals surface area (Å²) in [5, 5.41) is 3.14. The lowest BCUT2D eigenvalue weighted by atomic mass is 10.1. The second kappa shape index (κ2) is 10.6. The van der Waals surface area contributed by atoms with E-state index in [1.54, 1.807) is 12.1 Å².